The molecule has 3 aromatic rings. The van der Waals surface area contributed by atoms with Gasteiger partial charge in [0.2, 0.25) is 5.91 Å². The van der Waals surface area contributed by atoms with Crippen LogP contribution in [0.3, 0.4) is 0 Å². The maximum absolute atomic E-state index is 14.5. The second-order valence-corrected chi connectivity index (χ2v) is 13.1. The Labute approximate surface area is 243 Å². The molecule has 1 aliphatic heterocycles. The molecule has 4 nitrogen and oxygen atoms in total. The third-order valence-corrected chi connectivity index (χ3v) is 11.0. The minimum absolute atomic E-state index is 0.0265. The van der Waals surface area contributed by atoms with Crippen molar-refractivity contribution in [2.75, 3.05) is 6.54 Å². The topological polar surface area (TPSA) is 46.6 Å². The van der Waals surface area contributed by atoms with E-state index in [1.54, 1.807) is 12.1 Å². The van der Waals surface area contributed by atoms with E-state index in [0.29, 0.717) is 30.7 Å². The monoisotopic (exact) mass is 603 g/mol. The number of benzene rings is 3. The molecule has 3 aromatic carbocycles. The fourth-order valence-electron chi connectivity index (χ4n) is 7.00. The zero-order valence-corrected chi connectivity index (χ0v) is 23.6. The number of likely N-dealkylation sites (tertiary alicyclic amines) is 1. The molecule has 3 unspecified atom stereocenters. The molecule has 3 aliphatic rings. The molecule has 222 valence electrons. The summed E-state index contributed by atoms with van der Waals surface area (Å²) in [6, 6.07) is 12.5. The fourth-order valence-corrected chi connectivity index (χ4v) is 8.97. The molecule has 42 heavy (non-hydrogen) atoms. The first-order valence-electron chi connectivity index (χ1n) is 14.2. The van der Waals surface area contributed by atoms with Gasteiger partial charge in [-0.1, -0.05) is 31.4 Å². The van der Waals surface area contributed by atoms with Crippen LogP contribution >= 0.6 is 0 Å². The summed E-state index contributed by atoms with van der Waals surface area (Å²) in [5.74, 6) is -2.45. The zero-order valence-electron chi connectivity index (χ0n) is 22.8. The normalized spacial score (nSPS) is 23.3. The lowest BCUT2D eigenvalue weighted by atomic mass is 9.78. The molecular formula is C32H30F5NO3S. The van der Waals surface area contributed by atoms with Crippen molar-refractivity contribution in [3.05, 3.63) is 89.0 Å². The van der Waals surface area contributed by atoms with Crippen LogP contribution in [0.4, 0.5) is 22.0 Å². The van der Waals surface area contributed by atoms with Gasteiger partial charge in [-0.15, -0.1) is 0 Å². The third kappa shape index (κ3) is 5.01. The smallest absolute Gasteiger partial charge is 0.420 e. The van der Waals surface area contributed by atoms with Crippen LogP contribution in [0.15, 0.2) is 65.6 Å². The van der Waals surface area contributed by atoms with Crippen molar-refractivity contribution in [2.45, 2.75) is 73.2 Å². The lowest BCUT2D eigenvalue weighted by molar-refractivity contribution is -0.139. The molecular weight excluding hydrogens is 573 g/mol. The summed E-state index contributed by atoms with van der Waals surface area (Å²) < 4.78 is 87.9. The molecule has 1 heterocycles. The molecule has 1 saturated carbocycles. The molecule has 2 fully saturated rings. The Morgan fingerprint density at radius 2 is 1.69 bits per heavy atom. The average molecular weight is 604 g/mol. The van der Waals surface area contributed by atoms with Crippen LogP contribution in [-0.2, 0) is 32.9 Å². The second kappa shape index (κ2) is 11.1. The van der Waals surface area contributed by atoms with Gasteiger partial charge in [0, 0.05) is 17.4 Å². The number of hydrogen-bond acceptors (Lipinski definition) is 3. The van der Waals surface area contributed by atoms with Crippen LogP contribution in [-0.4, -0.2) is 27.6 Å². The van der Waals surface area contributed by atoms with Gasteiger partial charge in [-0.05, 0) is 91.8 Å². The summed E-state index contributed by atoms with van der Waals surface area (Å²) in [4.78, 5) is 16.1. The summed E-state index contributed by atoms with van der Waals surface area (Å²) in [6.45, 7) is 0.425. The van der Waals surface area contributed by atoms with E-state index < -0.39 is 44.7 Å². The van der Waals surface area contributed by atoms with Crippen molar-refractivity contribution >= 4 is 16.7 Å². The Bertz CT molecular complexity index is 1520. The number of ether oxygens (including phenoxy) is 1. The van der Waals surface area contributed by atoms with Crippen LogP contribution in [0, 0.1) is 17.6 Å². The lowest BCUT2D eigenvalue weighted by Crippen LogP contribution is -2.51. The number of alkyl halides is 3. The number of nitrogens with zero attached hydrogens (tertiary/aromatic N) is 1. The Hall–Kier alpha value is -3.27. The Balaban J connectivity index is 1.40. The van der Waals surface area contributed by atoms with E-state index in [-0.39, 0.29) is 23.6 Å². The Kier molecular flexibility index (Phi) is 7.62. The minimum Gasteiger partial charge on any atom is -0.454 e. The van der Waals surface area contributed by atoms with Crippen LogP contribution < -0.4 is 4.74 Å². The number of rotatable bonds is 5. The van der Waals surface area contributed by atoms with Crippen LogP contribution in [0.5, 0.6) is 11.5 Å². The molecule has 0 radical (unpaired) electrons. The first kappa shape index (κ1) is 28.8. The predicted octanol–water partition coefficient (Wildman–Crippen LogP) is 7.91. The molecule has 0 aromatic heterocycles. The number of hydrogen-bond donors (Lipinski definition) is 0. The van der Waals surface area contributed by atoms with Gasteiger partial charge in [0.25, 0.3) is 0 Å². The number of para-hydroxylation sites is 1. The number of carbonyl (C=O) groups is 1. The second-order valence-electron chi connectivity index (χ2n) is 11.3. The van der Waals surface area contributed by atoms with Crippen molar-refractivity contribution in [1.82, 2.24) is 4.90 Å². The number of aryl methyl sites for hydroxylation is 1. The summed E-state index contributed by atoms with van der Waals surface area (Å²) in [6.07, 6.45) is 1.36. The molecule has 1 saturated heterocycles. The van der Waals surface area contributed by atoms with E-state index >= 15 is 0 Å². The molecule has 0 N–H and O–H groups in total. The average Bonchev–Trinajstić information content (AvgIpc) is 3.38. The van der Waals surface area contributed by atoms with Crippen molar-refractivity contribution in [3.63, 3.8) is 0 Å². The molecule has 0 bridgehead atoms. The van der Waals surface area contributed by atoms with Crippen molar-refractivity contribution in [2.24, 2.45) is 5.92 Å². The number of fused-ring (bicyclic) bond motifs is 3. The number of carbonyl (C=O) groups excluding carboxylic acids is 1. The maximum atomic E-state index is 14.5. The van der Waals surface area contributed by atoms with Gasteiger partial charge < -0.3 is 9.64 Å². The Morgan fingerprint density at radius 1 is 0.952 bits per heavy atom. The summed E-state index contributed by atoms with van der Waals surface area (Å²) >= 11 is 0. The van der Waals surface area contributed by atoms with Gasteiger partial charge in [-0.25, -0.2) is 8.78 Å². The van der Waals surface area contributed by atoms with Crippen LogP contribution in [0.2, 0.25) is 0 Å². The van der Waals surface area contributed by atoms with Gasteiger partial charge in [-0.3, -0.25) is 9.00 Å². The molecule has 0 spiro atoms. The van der Waals surface area contributed by atoms with E-state index in [0.717, 1.165) is 61.4 Å². The largest absolute Gasteiger partial charge is 0.454 e. The fraction of sp³-hybridized carbons (Fsp3) is 0.406. The van der Waals surface area contributed by atoms with E-state index in [1.807, 2.05) is 4.90 Å². The predicted molar refractivity (Wildman–Crippen MR) is 147 cm³/mol. The van der Waals surface area contributed by atoms with Crippen molar-refractivity contribution < 1.29 is 35.7 Å². The Morgan fingerprint density at radius 3 is 2.40 bits per heavy atom. The first-order chi connectivity index (χ1) is 20.1. The highest BCUT2D eigenvalue weighted by atomic mass is 32.2. The number of amides is 1. The maximum Gasteiger partial charge on any atom is 0.420 e. The summed E-state index contributed by atoms with van der Waals surface area (Å²) in [5, 5.41) is 0. The number of halogens is 5. The zero-order chi connectivity index (χ0) is 29.6. The highest BCUT2D eigenvalue weighted by Gasteiger charge is 2.57. The SMILES string of the molecule is O=C(C1CCCCC1)N1CCC2(S(=O)c3ccc(F)cc3)c3ccc(Oc4c(F)cccc4C(F)(F)F)cc3CCC12. The minimum atomic E-state index is -4.81. The van der Waals surface area contributed by atoms with Gasteiger partial charge in [0.05, 0.1) is 21.6 Å². The van der Waals surface area contributed by atoms with Crippen molar-refractivity contribution in [3.8, 4) is 11.5 Å². The van der Waals surface area contributed by atoms with E-state index in [1.165, 1.54) is 30.3 Å². The summed E-state index contributed by atoms with van der Waals surface area (Å²) in [7, 11) is -1.68. The molecule has 3 atom stereocenters. The van der Waals surface area contributed by atoms with Gasteiger partial charge >= 0.3 is 6.18 Å². The van der Waals surface area contributed by atoms with E-state index in [9.17, 15) is 31.0 Å². The van der Waals surface area contributed by atoms with Crippen molar-refractivity contribution in [1.29, 1.82) is 0 Å². The summed E-state index contributed by atoms with van der Waals surface area (Å²) in [5.41, 5.74) is 0.218. The van der Waals surface area contributed by atoms with Gasteiger partial charge in [0.1, 0.15) is 17.1 Å². The standard InChI is InChI=1S/C32H30F5NO3S/c33-22-10-13-24(14-11-22)42(40)31-17-18-38(30(39)20-5-2-1-3-6-20)28(31)16-9-21-19-23(12-15-25(21)31)41-29-26(32(35,36)37)7-4-8-27(29)34/h4,7-8,10-15,19-20,28H,1-3,5-6,9,16-18H2. The highest BCUT2D eigenvalue weighted by molar-refractivity contribution is 7.86. The van der Waals surface area contributed by atoms with E-state index in [4.69, 9.17) is 4.74 Å². The highest BCUT2D eigenvalue weighted by Crippen LogP contribution is 2.52. The molecule has 2 aliphatic carbocycles. The lowest BCUT2D eigenvalue weighted by Gasteiger charge is -2.43. The van der Waals surface area contributed by atoms with E-state index in [2.05, 4.69) is 0 Å². The van der Waals surface area contributed by atoms with Crippen LogP contribution in [0.25, 0.3) is 0 Å². The molecule has 1 amide bonds. The van der Waals surface area contributed by atoms with Gasteiger partial charge in [0.15, 0.2) is 11.6 Å². The quantitative estimate of drug-likeness (QED) is 0.279. The third-order valence-electron chi connectivity index (χ3n) is 8.95. The van der Waals surface area contributed by atoms with Gasteiger partial charge in [-0.2, -0.15) is 13.2 Å². The van der Waals surface area contributed by atoms with Crippen LogP contribution in [0.1, 0.15) is 61.6 Å². The molecule has 10 heteroatoms. The first-order valence-corrected chi connectivity index (χ1v) is 15.4. The molecule has 6 rings (SSSR count).